The van der Waals surface area contributed by atoms with E-state index in [0.29, 0.717) is 5.88 Å². The van der Waals surface area contributed by atoms with Crippen LogP contribution in [0.3, 0.4) is 0 Å². The zero-order valence-corrected chi connectivity index (χ0v) is 12.5. The third kappa shape index (κ3) is 3.22. The predicted octanol–water partition coefficient (Wildman–Crippen LogP) is 4.92. The topological polar surface area (TPSA) is 9.23 Å². The SMILES string of the molecule is CO[C@H](c1cc(CCl)ccc1Br)C(C)(C)C. The third-order valence-corrected chi connectivity index (χ3v) is 3.55. The minimum atomic E-state index is 0.0577. The van der Waals surface area contributed by atoms with E-state index in [1.54, 1.807) is 7.11 Å². The summed E-state index contributed by atoms with van der Waals surface area (Å²) >= 11 is 9.43. The minimum Gasteiger partial charge on any atom is -0.376 e. The second kappa shape index (κ2) is 5.52. The molecule has 0 amide bonds. The normalized spacial score (nSPS) is 13.9. The predicted molar refractivity (Wildman–Crippen MR) is 72.9 cm³/mol. The van der Waals surface area contributed by atoms with Crippen LogP contribution in [0.15, 0.2) is 22.7 Å². The van der Waals surface area contributed by atoms with Gasteiger partial charge in [0.05, 0.1) is 6.10 Å². The fraction of sp³-hybridized carbons (Fsp3) is 0.538. The fourth-order valence-corrected chi connectivity index (χ4v) is 2.45. The Labute approximate surface area is 111 Å². The van der Waals surface area contributed by atoms with Gasteiger partial charge in [-0.25, -0.2) is 0 Å². The number of rotatable bonds is 3. The van der Waals surface area contributed by atoms with Gasteiger partial charge in [-0.3, -0.25) is 0 Å². The number of halogens is 2. The van der Waals surface area contributed by atoms with Crippen LogP contribution >= 0.6 is 27.5 Å². The highest BCUT2D eigenvalue weighted by molar-refractivity contribution is 9.10. The van der Waals surface area contributed by atoms with E-state index in [1.807, 2.05) is 12.1 Å². The number of alkyl halides is 1. The lowest BCUT2D eigenvalue weighted by atomic mass is 9.84. The Hall–Kier alpha value is -0.0500. The van der Waals surface area contributed by atoms with Crippen LogP contribution in [0.2, 0.25) is 0 Å². The van der Waals surface area contributed by atoms with Gasteiger partial charge in [0.2, 0.25) is 0 Å². The van der Waals surface area contributed by atoms with Crippen molar-refractivity contribution in [2.45, 2.75) is 32.8 Å². The lowest BCUT2D eigenvalue weighted by molar-refractivity contribution is 0.0146. The van der Waals surface area contributed by atoms with Crippen LogP contribution in [0.1, 0.15) is 38.0 Å². The second-order valence-electron chi connectivity index (χ2n) is 4.97. The Balaban J connectivity index is 3.18. The number of benzene rings is 1. The number of hydrogen-bond donors (Lipinski definition) is 0. The average molecular weight is 306 g/mol. The molecule has 0 aromatic heterocycles. The first-order valence-corrected chi connectivity index (χ1v) is 6.60. The van der Waals surface area contributed by atoms with Crippen molar-refractivity contribution in [3.05, 3.63) is 33.8 Å². The molecule has 16 heavy (non-hydrogen) atoms. The van der Waals surface area contributed by atoms with Gasteiger partial charge in [-0.15, -0.1) is 11.6 Å². The maximum atomic E-state index is 5.86. The summed E-state index contributed by atoms with van der Waals surface area (Å²) < 4.78 is 6.68. The molecule has 0 unspecified atom stereocenters. The van der Waals surface area contributed by atoms with Crippen molar-refractivity contribution in [1.29, 1.82) is 0 Å². The van der Waals surface area contributed by atoms with E-state index in [9.17, 15) is 0 Å². The summed E-state index contributed by atoms with van der Waals surface area (Å²) in [6, 6.07) is 6.16. The molecule has 0 fully saturated rings. The van der Waals surface area contributed by atoms with Gasteiger partial charge in [-0.05, 0) is 22.6 Å². The number of methoxy groups -OCH3 is 1. The molecule has 0 radical (unpaired) electrons. The maximum absolute atomic E-state index is 5.86. The summed E-state index contributed by atoms with van der Waals surface area (Å²) in [4.78, 5) is 0. The molecule has 1 atom stereocenters. The van der Waals surface area contributed by atoms with Gasteiger partial charge in [0, 0.05) is 17.5 Å². The molecule has 0 aliphatic heterocycles. The van der Waals surface area contributed by atoms with Crippen LogP contribution in [-0.4, -0.2) is 7.11 Å². The van der Waals surface area contributed by atoms with Gasteiger partial charge >= 0.3 is 0 Å². The molecule has 90 valence electrons. The molecule has 3 heteroatoms. The van der Waals surface area contributed by atoms with E-state index in [4.69, 9.17) is 16.3 Å². The highest BCUT2D eigenvalue weighted by Gasteiger charge is 2.27. The van der Waals surface area contributed by atoms with Gasteiger partial charge in [0.1, 0.15) is 0 Å². The summed E-state index contributed by atoms with van der Waals surface area (Å²) in [6.07, 6.45) is 0.0602. The van der Waals surface area contributed by atoms with Crippen LogP contribution in [0, 0.1) is 5.41 Å². The smallest absolute Gasteiger partial charge is 0.0880 e. The first-order valence-electron chi connectivity index (χ1n) is 5.27. The molecule has 1 nitrogen and oxygen atoms in total. The Bertz CT molecular complexity index is 357. The maximum Gasteiger partial charge on any atom is 0.0880 e. The summed E-state index contributed by atoms with van der Waals surface area (Å²) in [5, 5.41) is 0. The standard InChI is InChI=1S/C13H18BrClO/c1-13(2,3)12(16-4)10-7-9(8-15)5-6-11(10)14/h5-7,12H,8H2,1-4H3/t12-/m1/s1. The van der Waals surface area contributed by atoms with Gasteiger partial charge < -0.3 is 4.74 Å². The highest BCUT2D eigenvalue weighted by atomic mass is 79.9. The quantitative estimate of drug-likeness (QED) is 0.720. The van der Waals surface area contributed by atoms with Gasteiger partial charge in [0.15, 0.2) is 0 Å². The lowest BCUT2D eigenvalue weighted by Gasteiger charge is -2.30. The molecule has 0 aliphatic carbocycles. The van der Waals surface area contributed by atoms with Crippen molar-refractivity contribution in [2.75, 3.05) is 7.11 Å². The highest BCUT2D eigenvalue weighted by Crippen LogP contribution is 2.39. The van der Waals surface area contributed by atoms with Crippen molar-refractivity contribution in [1.82, 2.24) is 0 Å². The van der Waals surface area contributed by atoms with Crippen molar-refractivity contribution in [2.24, 2.45) is 5.41 Å². The minimum absolute atomic E-state index is 0.0577. The molecule has 1 aromatic rings. The van der Waals surface area contributed by atoms with Crippen LogP contribution in [0.25, 0.3) is 0 Å². The van der Waals surface area contributed by atoms with Gasteiger partial charge in [-0.1, -0.05) is 48.8 Å². The lowest BCUT2D eigenvalue weighted by Crippen LogP contribution is -2.20. The Morgan fingerprint density at radius 2 is 2.00 bits per heavy atom. The molecule has 0 aliphatic rings. The van der Waals surface area contributed by atoms with Gasteiger partial charge in [0.25, 0.3) is 0 Å². The summed E-state index contributed by atoms with van der Waals surface area (Å²) in [6.45, 7) is 6.50. The molecule has 1 aromatic carbocycles. The van der Waals surface area contributed by atoms with Crippen LogP contribution in [0.5, 0.6) is 0 Å². The average Bonchev–Trinajstić information content (AvgIpc) is 2.20. The van der Waals surface area contributed by atoms with E-state index >= 15 is 0 Å². The molecule has 0 heterocycles. The number of hydrogen-bond acceptors (Lipinski definition) is 1. The molecule has 0 spiro atoms. The van der Waals surface area contributed by atoms with Crippen LogP contribution in [-0.2, 0) is 10.6 Å². The molecule has 0 saturated heterocycles. The largest absolute Gasteiger partial charge is 0.376 e. The van der Waals surface area contributed by atoms with Crippen molar-refractivity contribution in [3.63, 3.8) is 0 Å². The van der Waals surface area contributed by atoms with E-state index < -0.39 is 0 Å². The van der Waals surface area contributed by atoms with Crippen molar-refractivity contribution >= 4 is 27.5 Å². The Morgan fingerprint density at radius 3 is 2.44 bits per heavy atom. The Morgan fingerprint density at radius 1 is 1.38 bits per heavy atom. The zero-order valence-electron chi connectivity index (χ0n) is 10.2. The summed E-state index contributed by atoms with van der Waals surface area (Å²) in [5.74, 6) is 0.529. The summed E-state index contributed by atoms with van der Waals surface area (Å²) in [5.41, 5.74) is 2.33. The van der Waals surface area contributed by atoms with E-state index in [-0.39, 0.29) is 11.5 Å². The first kappa shape index (κ1) is 14.0. The first-order chi connectivity index (χ1) is 7.40. The van der Waals surface area contributed by atoms with E-state index in [2.05, 4.69) is 42.8 Å². The fourth-order valence-electron chi connectivity index (χ4n) is 1.82. The molecule has 0 saturated carbocycles. The summed E-state index contributed by atoms with van der Waals surface area (Å²) in [7, 11) is 1.75. The van der Waals surface area contributed by atoms with Crippen molar-refractivity contribution < 1.29 is 4.74 Å². The van der Waals surface area contributed by atoms with Crippen LogP contribution in [0.4, 0.5) is 0 Å². The zero-order chi connectivity index (χ0) is 12.3. The van der Waals surface area contributed by atoms with Gasteiger partial charge in [-0.2, -0.15) is 0 Å². The second-order valence-corrected chi connectivity index (χ2v) is 6.09. The molecule has 1 rings (SSSR count). The molecular formula is C13H18BrClO. The molecule has 0 N–H and O–H groups in total. The van der Waals surface area contributed by atoms with E-state index in [1.165, 1.54) is 0 Å². The Kier molecular flexibility index (Phi) is 4.84. The van der Waals surface area contributed by atoms with Crippen molar-refractivity contribution in [3.8, 4) is 0 Å². The molecule has 0 bridgehead atoms. The molecular weight excluding hydrogens is 287 g/mol. The third-order valence-electron chi connectivity index (χ3n) is 2.52. The van der Waals surface area contributed by atoms with E-state index in [0.717, 1.165) is 15.6 Å². The monoisotopic (exact) mass is 304 g/mol. The number of ether oxygens (including phenoxy) is 1. The van der Waals surface area contributed by atoms with Crippen LogP contribution < -0.4 is 0 Å².